The van der Waals surface area contributed by atoms with Crippen molar-refractivity contribution in [1.29, 1.82) is 0 Å². The van der Waals surface area contributed by atoms with E-state index < -0.39 is 0 Å². The first-order valence-corrected chi connectivity index (χ1v) is 10.1. The first-order valence-electron chi connectivity index (χ1n) is 7.63. The minimum Gasteiger partial charge on any atom is -0.340 e. The fourth-order valence-corrected chi connectivity index (χ4v) is 4.90. The van der Waals surface area contributed by atoms with Gasteiger partial charge in [-0.1, -0.05) is 29.4 Å². The normalized spacial score (nSPS) is 14.0. The van der Waals surface area contributed by atoms with Crippen LogP contribution in [0.25, 0.3) is 10.2 Å². The highest BCUT2D eigenvalue weighted by Crippen LogP contribution is 2.40. The number of fused-ring (bicyclic) bond motifs is 3. The summed E-state index contributed by atoms with van der Waals surface area (Å²) in [5.74, 6) is 0.904. The van der Waals surface area contributed by atoms with Crippen molar-refractivity contribution >= 4 is 56.4 Å². The van der Waals surface area contributed by atoms with Gasteiger partial charge in [-0.05, 0) is 55.7 Å². The zero-order valence-corrected chi connectivity index (χ0v) is 15.1. The molecular formula is C17H16ClN3S2. The van der Waals surface area contributed by atoms with Gasteiger partial charge in [0.2, 0.25) is 0 Å². The maximum Gasteiger partial charge on any atom is 0.190 e. The molecule has 0 atom stereocenters. The number of thiophene rings is 1. The quantitative estimate of drug-likeness (QED) is 0.480. The first kappa shape index (κ1) is 15.2. The molecule has 3 aromatic rings. The minimum atomic E-state index is 0.720. The van der Waals surface area contributed by atoms with Gasteiger partial charge in [-0.3, -0.25) is 0 Å². The van der Waals surface area contributed by atoms with E-state index in [0.29, 0.717) is 0 Å². The first-order chi connectivity index (χ1) is 11.2. The van der Waals surface area contributed by atoms with Crippen molar-refractivity contribution in [3.05, 3.63) is 39.7 Å². The van der Waals surface area contributed by atoms with Crippen molar-refractivity contribution in [1.82, 2.24) is 9.97 Å². The van der Waals surface area contributed by atoms with Gasteiger partial charge in [0, 0.05) is 15.6 Å². The Morgan fingerprint density at radius 2 is 2.09 bits per heavy atom. The van der Waals surface area contributed by atoms with Gasteiger partial charge < -0.3 is 5.32 Å². The second kappa shape index (κ2) is 6.30. The zero-order chi connectivity index (χ0) is 15.8. The maximum absolute atomic E-state index is 6.11. The van der Waals surface area contributed by atoms with Gasteiger partial charge in [0.15, 0.2) is 5.16 Å². The molecule has 2 heterocycles. The molecule has 118 valence electrons. The molecule has 0 radical (unpaired) electrons. The van der Waals surface area contributed by atoms with Gasteiger partial charge in [-0.15, -0.1) is 11.3 Å². The van der Waals surface area contributed by atoms with Gasteiger partial charge in [-0.25, -0.2) is 9.97 Å². The summed E-state index contributed by atoms with van der Waals surface area (Å²) in [4.78, 5) is 12.0. The molecule has 0 spiro atoms. The molecule has 0 saturated carbocycles. The highest BCUT2D eigenvalue weighted by Gasteiger charge is 2.21. The van der Waals surface area contributed by atoms with Crippen LogP contribution in [0.5, 0.6) is 0 Å². The van der Waals surface area contributed by atoms with Crippen LogP contribution >= 0.6 is 34.7 Å². The van der Waals surface area contributed by atoms with E-state index in [4.69, 9.17) is 21.6 Å². The van der Waals surface area contributed by atoms with Crippen LogP contribution in [0, 0.1) is 0 Å². The summed E-state index contributed by atoms with van der Waals surface area (Å²) in [7, 11) is 0. The van der Waals surface area contributed by atoms with Crippen LogP contribution in [0.15, 0.2) is 29.4 Å². The van der Waals surface area contributed by atoms with E-state index in [1.54, 1.807) is 11.8 Å². The molecule has 1 aliphatic carbocycles. The SMILES string of the molecule is CSc1nc(Nc2cccc(Cl)c2)c2c3c(sc2n1)CCCC3. The van der Waals surface area contributed by atoms with Crippen molar-refractivity contribution in [2.75, 3.05) is 11.6 Å². The number of hydrogen-bond acceptors (Lipinski definition) is 5. The number of halogens is 1. The Morgan fingerprint density at radius 3 is 2.91 bits per heavy atom. The lowest BCUT2D eigenvalue weighted by molar-refractivity contribution is 0.700. The van der Waals surface area contributed by atoms with Crippen LogP contribution in [-0.2, 0) is 12.8 Å². The molecule has 23 heavy (non-hydrogen) atoms. The van der Waals surface area contributed by atoms with Gasteiger partial charge in [-0.2, -0.15) is 0 Å². The van der Waals surface area contributed by atoms with Gasteiger partial charge in [0.1, 0.15) is 10.6 Å². The van der Waals surface area contributed by atoms with Crippen LogP contribution < -0.4 is 5.32 Å². The molecule has 0 fully saturated rings. The van der Waals surface area contributed by atoms with Gasteiger partial charge in [0.05, 0.1) is 5.39 Å². The Morgan fingerprint density at radius 1 is 1.22 bits per heavy atom. The minimum absolute atomic E-state index is 0.720. The number of aromatic nitrogens is 2. The lowest BCUT2D eigenvalue weighted by Crippen LogP contribution is -2.02. The smallest absolute Gasteiger partial charge is 0.190 e. The third kappa shape index (κ3) is 2.93. The highest BCUT2D eigenvalue weighted by atomic mass is 35.5. The van der Waals surface area contributed by atoms with Crippen LogP contribution in [-0.4, -0.2) is 16.2 Å². The number of hydrogen-bond donors (Lipinski definition) is 1. The van der Waals surface area contributed by atoms with Crippen LogP contribution in [0.4, 0.5) is 11.5 Å². The third-order valence-electron chi connectivity index (χ3n) is 4.06. The molecule has 1 aromatic carbocycles. The van der Waals surface area contributed by atoms with E-state index in [2.05, 4.69) is 5.32 Å². The second-order valence-electron chi connectivity index (χ2n) is 5.59. The lowest BCUT2D eigenvalue weighted by Gasteiger charge is -2.13. The average molecular weight is 362 g/mol. The van der Waals surface area contributed by atoms with Gasteiger partial charge >= 0.3 is 0 Å². The monoisotopic (exact) mass is 361 g/mol. The Balaban J connectivity index is 1.87. The lowest BCUT2D eigenvalue weighted by atomic mass is 9.97. The molecule has 0 amide bonds. The summed E-state index contributed by atoms with van der Waals surface area (Å²) in [6.07, 6.45) is 6.83. The number of thioether (sulfide) groups is 1. The summed E-state index contributed by atoms with van der Waals surface area (Å²) < 4.78 is 0. The largest absolute Gasteiger partial charge is 0.340 e. The molecule has 2 aromatic heterocycles. The topological polar surface area (TPSA) is 37.8 Å². The molecule has 0 bridgehead atoms. The fourth-order valence-electron chi connectivity index (χ4n) is 3.02. The molecule has 4 rings (SSSR count). The Labute approximate surface area is 148 Å². The maximum atomic E-state index is 6.11. The zero-order valence-electron chi connectivity index (χ0n) is 12.7. The van der Waals surface area contributed by atoms with E-state index in [-0.39, 0.29) is 0 Å². The van der Waals surface area contributed by atoms with E-state index in [1.165, 1.54) is 35.1 Å². The number of aryl methyl sites for hydroxylation is 2. The summed E-state index contributed by atoms with van der Waals surface area (Å²) >= 11 is 9.51. The predicted molar refractivity (Wildman–Crippen MR) is 101 cm³/mol. The van der Waals surface area contributed by atoms with Gasteiger partial charge in [0.25, 0.3) is 0 Å². The van der Waals surface area contributed by atoms with E-state index in [0.717, 1.165) is 32.9 Å². The Bertz CT molecular complexity index is 876. The number of nitrogens with one attached hydrogen (secondary N) is 1. The predicted octanol–water partition coefficient (Wildman–Crippen LogP) is 5.69. The second-order valence-corrected chi connectivity index (χ2v) is 7.88. The van der Waals surface area contributed by atoms with Crippen molar-refractivity contribution in [2.24, 2.45) is 0 Å². The third-order valence-corrected chi connectivity index (χ3v) is 6.03. The van der Waals surface area contributed by atoms with Crippen molar-refractivity contribution in [3.63, 3.8) is 0 Å². The standard InChI is InChI=1S/C17H16ClN3S2/c1-22-17-20-15(19-11-6-4-5-10(18)9-11)14-12-7-2-3-8-13(12)23-16(14)21-17/h4-6,9H,2-3,7-8H2,1H3,(H,19,20,21). The molecular weight excluding hydrogens is 346 g/mol. The molecule has 3 nitrogen and oxygen atoms in total. The van der Waals surface area contributed by atoms with Crippen molar-refractivity contribution in [3.8, 4) is 0 Å². The molecule has 0 unspecified atom stereocenters. The average Bonchev–Trinajstić information content (AvgIpc) is 2.93. The van der Waals surface area contributed by atoms with Crippen molar-refractivity contribution in [2.45, 2.75) is 30.8 Å². The molecule has 6 heteroatoms. The number of nitrogens with zero attached hydrogens (tertiary/aromatic N) is 2. The van der Waals surface area contributed by atoms with E-state index >= 15 is 0 Å². The Kier molecular flexibility index (Phi) is 4.18. The number of anilines is 2. The number of rotatable bonds is 3. The van der Waals surface area contributed by atoms with E-state index in [1.807, 2.05) is 41.9 Å². The molecule has 1 aliphatic rings. The molecule has 0 saturated heterocycles. The Hall–Kier alpha value is -1.30. The summed E-state index contributed by atoms with van der Waals surface area (Å²) in [5.41, 5.74) is 2.40. The molecule has 1 N–H and O–H groups in total. The van der Waals surface area contributed by atoms with Crippen LogP contribution in [0.1, 0.15) is 23.3 Å². The fraction of sp³-hybridized carbons (Fsp3) is 0.294. The van der Waals surface area contributed by atoms with Crippen LogP contribution in [0.2, 0.25) is 5.02 Å². The number of benzene rings is 1. The summed E-state index contributed by atoms with van der Waals surface area (Å²) in [5, 5.41) is 6.18. The van der Waals surface area contributed by atoms with Crippen molar-refractivity contribution < 1.29 is 0 Å². The van der Waals surface area contributed by atoms with Crippen LogP contribution in [0.3, 0.4) is 0 Å². The summed E-state index contributed by atoms with van der Waals surface area (Å²) in [6, 6.07) is 7.76. The highest BCUT2D eigenvalue weighted by molar-refractivity contribution is 7.98. The van der Waals surface area contributed by atoms with E-state index in [9.17, 15) is 0 Å². The summed E-state index contributed by atoms with van der Waals surface area (Å²) in [6.45, 7) is 0. The molecule has 0 aliphatic heterocycles.